The highest BCUT2D eigenvalue weighted by atomic mass is 32.1. The van der Waals surface area contributed by atoms with Crippen molar-refractivity contribution in [3.8, 4) is 11.5 Å². The summed E-state index contributed by atoms with van der Waals surface area (Å²) >= 11 is 1.06. The molecular weight excluding hydrogens is 350 g/mol. The second-order valence-corrected chi connectivity index (χ2v) is 6.89. The van der Waals surface area contributed by atoms with Gasteiger partial charge in [-0.2, -0.15) is 4.37 Å². The Morgan fingerprint density at radius 2 is 2.08 bits per heavy atom. The standard InChI is InChI=1S/C15H20F2N6OS/c1-23-8-18-6-11(23)13-21-15(25-22-13)14(24)20-10-4-2-9(3-5-10)19-7-12(16)17/h6,8-10,12,19H,2-5,7H2,1H3,(H,20,24). The number of imidazole rings is 1. The molecule has 0 aliphatic heterocycles. The van der Waals surface area contributed by atoms with Gasteiger partial charge in [0.25, 0.3) is 12.3 Å². The fraction of sp³-hybridized carbons (Fsp3) is 0.600. The van der Waals surface area contributed by atoms with Gasteiger partial charge in [0.1, 0.15) is 5.69 Å². The van der Waals surface area contributed by atoms with Gasteiger partial charge in [-0.05, 0) is 37.2 Å². The minimum absolute atomic E-state index is 0.0427. The van der Waals surface area contributed by atoms with Crippen LogP contribution in [0.2, 0.25) is 0 Å². The number of rotatable bonds is 6. The summed E-state index contributed by atoms with van der Waals surface area (Å²) in [6.45, 7) is -0.275. The van der Waals surface area contributed by atoms with E-state index in [2.05, 4.69) is 25.0 Å². The molecule has 1 saturated carbocycles. The third kappa shape index (κ3) is 4.57. The van der Waals surface area contributed by atoms with Crippen LogP contribution in [0.15, 0.2) is 12.5 Å². The van der Waals surface area contributed by atoms with Crippen molar-refractivity contribution in [1.82, 2.24) is 29.5 Å². The molecular formula is C15H20F2N6OS. The number of aryl methyl sites for hydroxylation is 1. The lowest BCUT2D eigenvalue weighted by molar-refractivity contribution is 0.0922. The predicted octanol–water partition coefficient (Wildman–Crippen LogP) is 1.83. The molecule has 0 atom stereocenters. The van der Waals surface area contributed by atoms with Gasteiger partial charge in [0.15, 0.2) is 5.82 Å². The van der Waals surface area contributed by atoms with Crippen molar-refractivity contribution in [3.63, 3.8) is 0 Å². The van der Waals surface area contributed by atoms with Crippen molar-refractivity contribution >= 4 is 17.4 Å². The number of nitrogens with zero attached hydrogens (tertiary/aromatic N) is 4. The number of amides is 1. The molecule has 0 bridgehead atoms. The number of carbonyl (C=O) groups excluding carboxylic acids is 1. The Balaban J connectivity index is 1.50. The average Bonchev–Trinajstić information content (AvgIpc) is 3.22. The number of hydrogen-bond acceptors (Lipinski definition) is 6. The minimum Gasteiger partial charge on any atom is -0.347 e. The largest absolute Gasteiger partial charge is 0.347 e. The monoisotopic (exact) mass is 370 g/mol. The first-order valence-electron chi connectivity index (χ1n) is 8.15. The highest BCUT2D eigenvalue weighted by molar-refractivity contribution is 7.07. The fourth-order valence-corrected chi connectivity index (χ4v) is 3.51. The smallest absolute Gasteiger partial charge is 0.282 e. The Morgan fingerprint density at radius 3 is 2.72 bits per heavy atom. The van der Waals surface area contributed by atoms with Crippen LogP contribution in [0.5, 0.6) is 0 Å². The molecule has 7 nitrogen and oxygen atoms in total. The zero-order chi connectivity index (χ0) is 17.8. The molecule has 0 unspecified atom stereocenters. The van der Waals surface area contributed by atoms with Gasteiger partial charge in [-0.25, -0.2) is 18.7 Å². The van der Waals surface area contributed by atoms with Crippen molar-refractivity contribution in [2.24, 2.45) is 7.05 Å². The summed E-state index contributed by atoms with van der Waals surface area (Å²) in [7, 11) is 1.84. The number of nitrogens with one attached hydrogen (secondary N) is 2. The Morgan fingerprint density at radius 1 is 1.36 bits per heavy atom. The molecule has 2 heterocycles. The van der Waals surface area contributed by atoms with Gasteiger partial charge >= 0.3 is 0 Å². The number of aromatic nitrogens is 4. The molecule has 0 saturated heterocycles. The first kappa shape index (κ1) is 17.9. The van der Waals surface area contributed by atoms with Crippen LogP contribution in [-0.2, 0) is 7.05 Å². The molecule has 1 aliphatic carbocycles. The van der Waals surface area contributed by atoms with E-state index >= 15 is 0 Å². The van der Waals surface area contributed by atoms with E-state index in [1.807, 2.05) is 7.05 Å². The molecule has 25 heavy (non-hydrogen) atoms. The predicted molar refractivity (Wildman–Crippen MR) is 89.6 cm³/mol. The molecule has 2 N–H and O–H groups in total. The summed E-state index contributed by atoms with van der Waals surface area (Å²) < 4.78 is 30.4. The molecule has 136 valence electrons. The van der Waals surface area contributed by atoms with Crippen molar-refractivity contribution in [2.75, 3.05) is 6.54 Å². The Labute approximate surface area is 148 Å². The molecule has 0 spiro atoms. The summed E-state index contributed by atoms with van der Waals surface area (Å²) in [5, 5.41) is 6.14. The average molecular weight is 370 g/mol. The third-order valence-electron chi connectivity index (χ3n) is 4.29. The Bertz CT molecular complexity index is 710. The van der Waals surface area contributed by atoms with E-state index in [1.54, 1.807) is 17.1 Å². The van der Waals surface area contributed by atoms with E-state index in [0.717, 1.165) is 42.9 Å². The van der Waals surface area contributed by atoms with E-state index in [0.29, 0.717) is 10.8 Å². The summed E-state index contributed by atoms with van der Waals surface area (Å²) in [5.74, 6) is 0.241. The summed E-state index contributed by atoms with van der Waals surface area (Å²) in [6.07, 6.45) is 4.04. The van der Waals surface area contributed by atoms with Gasteiger partial charge in [-0.3, -0.25) is 4.79 Å². The van der Waals surface area contributed by atoms with E-state index in [9.17, 15) is 13.6 Å². The van der Waals surface area contributed by atoms with Crippen LogP contribution in [0, 0.1) is 0 Å². The first-order chi connectivity index (χ1) is 12.0. The third-order valence-corrected chi connectivity index (χ3v) is 5.00. The van der Waals surface area contributed by atoms with Crippen LogP contribution < -0.4 is 10.6 Å². The van der Waals surface area contributed by atoms with Crippen molar-refractivity contribution in [2.45, 2.75) is 44.2 Å². The van der Waals surface area contributed by atoms with Crippen molar-refractivity contribution < 1.29 is 13.6 Å². The SMILES string of the molecule is Cn1cncc1-c1nsc(C(=O)NC2CCC(NCC(F)F)CC2)n1. The lowest BCUT2D eigenvalue weighted by atomic mass is 9.91. The molecule has 0 radical (unpaired) electrons. The summed E-state index contributed by atoms with van der Waals surface area (Å²) in [6, 6.07) is 0.140. The van der Waals surface area contributed by atoms with Crippen molar-refractivity contribution in [3.05, 3.63) is 17.5 Å². The normalized spacial score (nSPS) is 20.8. The molecule has 1 aliphatic rings. The number of carbonyl (C=O) groups is 1. The van der Waals surface area contributed by atoms with Crippen LogP contribution in [-0.4, -0.2) is 49.9 Å². The number of hydrogen-bond donors (Lipinski definition) is 2. The first-order valence-corrected chi connectivity index (χ1v) is 8.93. The van der Waals surface area contributed by atoms with Gasteiger partial charge in [0, 0.05) is 19.1 Å². The van der Waals surface area contributed by atoms with E-state index in [1.165, 1.54) is 0 Å². The summed E-state index contributed by atoms with van der Waals surface area (Å²) in [4.78, 5) is 20.6. The van der Waals surface area contributed by atoms with E-state index in [4.69, 9.17) is 0 Å². The second-order valence-electron chi connectivity index (χ2n) is 6.13. The summed E-state index contributed by atoms with van der Waals surface area (Å²) in [5.41, 5.74) is 0.751. The maximum atomic E-state index is 12.3. The highest BCUT2D eigenvalue weighted by Gasteiger charge is 2.24. The zero-order valence-electron chi connectivity index (χ0n) is 13.8. The maximum Gasteiger partial charge on any atom is 0.282 e. The molecule has 3 rings (SSSR count). The van der Waals surface area contributed by atoms with Crippen molar-refractivity contribution in [1.29, 1.82) is 0 Å². The zero-order valence-corrected chi connectivity index (χ0v) is 14.6. The topological polar surface area (TPSA) is 84.7 Å². The van der Waals surface area contributed by atoms with Gasteiger partial charge in [-0.1, -0.05) is 0 Å². The fourth-order valence-electron chi connectivity index (χ4n) is 2.94. The molecule has 10 heteroatoms. The molecule has 2 aromatic rings. The number of halogens is 2. The van der Waals surface area contributed by atoms with Crippen LogP contribution in [0.25, 0.3) is 11.5 Å². The Kier molecular flexibility index (Phi) is 5.69. The van der Waals surface area contributed by atoms with Crippen LogP contribution in [0.1, 0.15) is 35.5 Å². The van der Waals surface area contributed by atoms with Crippen LogP contribution in [0.3, 0.4) is 0 Å². The molecule has 0 aromatic carbocycles. The van der Waals surface area contributed by atoms with E-state index < -0.39 is 6.43 Å². The molecule has 2 aromatic heterocycles. The molecule has 1 fully saturated rings. The second kappa shape index (κ2) is 7.96. The minimum atomic E-state index is -2.33. The highest BCUT2D eigenvalue weighted by Crippen LogP contribution is 2.21. The number of alkyl halides is 2. The van der Waals surface area contributed by atoms with Gasteiger partial charge in [0.05, 0.1) is 19.1 Å². The Hall–Kier alpha value is -1.94. The van der Waals surface area contributed by atoms with Gasteiger partial charge in [0.2, 0.25) is 5.01 Å². The molecule has 1 amide bonds. The van der Waals surface area contributed by atoms with Crippen LogP contribution in [0.4, 0.5) is 8.78 Å². The quantitative estimate of drug-likeness (QED) is 0.810. The van der Waals surface area contributed by atoms with Gasteiger partial charge in [-0.15, -0.1) is 0 Å². The van der Waals surface area contributed by atoms with E-state index in [-0.39, 0.29) is 24.5 Å². The maximum absolute atomic E-state index is 12.3. The lowest BCUT2D eigenvalue weighted by Gasteiger charge is -2.29. The van der Waals surface area contributed by atoms with Crippen LogP contribution >= 0.6 is 11.5 Å². The lowest BCUT2D eigenvalue weighted by Crippen LogP contribution is -2.43. The van der Waals surface area contributed by atoms with Gasteiger partial charge < -0.3 is 15.2 Å².